The van der Waals surface area contributed by atoms with Gasteiger partial charge in [0, 0.05) is 5.75 Å². The van der Waals surface area contributed by atoms with Gasteiger partial charge in [0.15, 0.2) is 11.1 Å². The lowest BCUT2D eigenvalue weighted by Gasteiger charge is -2.13. The van der Waals surface area contributed by atoms with E-state index in [9.17, 15) is 0 Å². The van der Waals surface area contributed by atoms with Gasteiger partial charge in [-0.25, -0.2) is 0 Å². The van der Waals surface area contributed by atoms with Crippen molar-refractivity contribution in [2.45, 2.75) is 26.7 Å². The van der Waals surface area contributed by atoms with Crippen LogP contribution in [0.15, 0.2) is 4.99 Å². The van der Waals surface area contributed by atoms with Gasteiger partial charge in [0.25, 0.3) is 0 Å². The maximum Gasteiger partial charge on any atom is 0.193 e. The molecule has 0 radical (unpaired) electrons. The summed E-state index contributed by atoms with van der Waals surface area (Å²) in [5, 5.41) is 16.2. The second-order valence-electron chi connectivity index (χ2n) is 3.79. The zero-order chi connectivity index (χ0) is 11.9. The van der Waals surface area contributed by atoms with Crippen molar-refractivity contribution in [1.29, 1.82) is 10.7 Å². The van der Waals surface area contributed by atoms with Crippen molar-refractivity contribution in [3.8, 4) is 6.07 Å². The molecule has 0 aromatic heterocycles. The number of nitriles is 1. The van der Waals surface area contributed by atoms with Gasteiger partial charge in [0.1, 0.15) is 0 Å². The highest BCUT2D eigenvalue weighted by Gasteiger charge is 2.15. The Hall–Kier alpha value is -1.22. The number of aliphatic imine (C=N–C) groups is 1. The molecule has 0 rings (SSSR count). The van der Waals surface area contributed by atoms with Gasteiger partial charge in [-0.15, -0.1) is 0 Å². The van der Waals surface area contributed by atoms with Crippen LogP contribution in [0.4, 0.5) is 0 Å². The fraction of sp³-hybridized carbons (Fsp3) is 0.667. The van der Waals surface area contributed by atoms with E-state index in [1.165, 1.54) is 11.8 Å². The lowest BCUT2D eigenvalue weighted by atomic mass is 9.90. The molecule has 0 fully saturated rings. The molecule has 0 spiro atoms. The summed E-state index contributed by atoms with van der Waals surface area (Å²) in [7, 11) is 0. The zero-order valence-electron chi connectivity index (χ0n) is 9.08. The van der Waals surface area contributed by atoms with Crippen LogP contribution in [0.2, 0.25) is 0 Å². The maximum absolute atomic E-state index is 8.77. The van der Waals surface area contributed by atoms with Crippen LogP contribution in [0.1, 0.15) is 26.7 Å². The van der Waals surface area contributed by atoms with E-state index >= 15 is 0 Å². The first-order valence-electron chi connectivity index (χ1n) is 4.59. The van der Waals surface area contributed by atoms with Gasteiger partial charge in [-0.3, -0.25) is 5.41 Å². The van der Waals surface area contributed by atoms with Crippen LogP contribution in [-0.4, -0.2) is 16.9 Å². The SMILES string of the molecule is CC(C)(C#N)CCCSC(=N)N=C(N)N. The first-order chi connectivity index (χ1) is 6.87. The molecule has 0 heterocycles. The van der Waals surface area contributed by atoms with Crippen molar-refractivity contribution in [2.75, 3.05) is 5.75 Å². The van der Waals surface area contributed by atoms with E-state index in [0.717, 1.165) is 18.6 Å². The van der Waals surface area contributed by atoms with Crippen molar-refractivity contribution in [1.82, 2.24) is 0 Å². The molecule has 0 aromatic carbocycles. The normalized spacial score (nSPS) is 10.5. The number of nitrogens with two attached hydrogens (primary N) is 2. The number of nitrogens with one attached hydrogen (secondary N) is 1. The molecule has 84 valence electrons. The van der Waals surface area contributed by atoms with Crippen molar-refractivity contribution in [3.05, 3.63) is 0 Å². The minimum absolute atomic E-state index is 0.0927. The van der Waals surface area contributed by atoms with Crippen molar-refractivity contribution >= 4 is 22.9 Å². The number of guanidine groups is 1. The van der Waals surface area contributed by atoms with Gasteiger partial charge in [-0.2, -0.15) is 10.3 Å². The summed E-state index contributed by atoms with van der Waals surface area (Å²) in [6, 6.07) is 2.23. The van der Waals surface area contributed by atoms with Crippen molar-refractivity contribution in [2.24, 2.45) is 21.9 Å². The molecule has 5 nitrogen and oxygen atoms in total. The molecule has 15 heavy (non-hydrogen) atoms. The Balaban J connectivity index is 3.70. The van der Waals surface area contributed by atoms with Gasteiger partial charge >= 0.3 is 0 Å². The summed E-state index contributed by atoms with van der Waals surface area (Å²) in [6.07, 6.45) is 1.68. The smallest absolute Gasteiger partial charge is 0.193 e. The van der Waals surface area contributed by atoms with Gasteiger partial charge in [-0.05, 0) is 26.7 Å². The predicted molar refractivity (Wildman–Crippen MR) is 64.6 cm³/mol. The van der Waals surface area contributed by atoms with Gasteiger partial charge < -0.3 is 11.5 Å². The third-order valence-electron chi connectivity index (χ3n) is 1.72. The van der Waals surface area contributed by atoms with E-state index in [4.69, 9.17) is 22.1 Å². The molecule has 0 aliphatic carbocycles. The Bertz CT molecular complexity index is 285. The highest BCUT2D eigenvalue weighted by molar-refractivity contribution is 8.13. The van der Waals surface area contributed by atoms with Crippen molar-refractivity contribution < 1.29 is 0 Å². The number of hydrogen-bond donors (Lipinski definition) is 3. The maximum atomic E-state index is 8.77. The highest BCUT2D eigenvalue weighted by Crippen LogP contribution is 2.22. The third kappa shape index (κ3) is 7.82. The minimum Gasteiger partial charge on any atom is -0.370 e. The Morgan fingerprint density at radius 3 is 2.60 bits per heavy atom. The van der Waals surface area contributed by atoms with Gasteiger partial charge in [0.05, 0.1) is 11.5 Å². The van der Waals surface area contributed by atoms with Crippen LogP contribution in [-0.2, 0) is 0 Å². The number of nitrogens with zero attached hydrogens (tertiary/aromatic N) is 2. The molecule has 0 aliphatic heterocycles. The fourth-order valence-corrected chi connectivity index (χ4v) is 1.54. The van der Waals surface area contributed by atoms with Crippen LogP contribution in [0.25, 0.3) is 0 Å². The second-order valence-corrected chi connectivity index (χ2v) is 4.87. The molecule has 0 saturated heterocycles. The van der Waals surface area contributed by atoms with E-state index in [1.54, 1.807) is 0 Å². The zero-order valence-corrected chi connectivity index (χ0v) is 9.90. The van der Waals surface area contributed by atoms with Gasteiger partial charge in [0.2, 0.25) is 0 Å². The summed E-state index contributed by atoms with van der Waals surface area (Å²) in [4.78, 5) is 3.59. The molecule has 0 amide bonds. The minimum atomic E-state index is -0.293. The third-order valence-corrected chi connectivity index (χ3v) is 2.58. The first-order valence-corrected chi connectivity index (χ1v) is 5.58. The summed E-state index contributed by atoms with van der Waals surface area (Å²) < 4.78 is 0. The first kappa shape index (κ1) is 13.8. The molecule has 0 bridgehead atoms. The highest BCUT2D eigenvalue weighted by atomic mass is 32.2. The Labute approximate surface area is 94.4 Å². The van der Waals surface area contributed by atoms with Crippen LogP contribution < -0.4 is 11.5 Å². The standard InChI is InChI=1S/C9H17N5S/c1-9(2,6-10)4-3-5-15-8(13)14-7(11)12/h3-5H2,1-2H3,(H5,11,12,13,14). The van der Waals surface area contributed by atoms with Crippen molar-refractivity contribution in [3.63, 3.8) is 0 Å². The molecule has 0 saturated carbocycles. The largest absolute Gasteiger partial charge is 0.370 e. The summed E-state index contributed by atoms with van der Waals surface area (Å²) in [5.41, 5.74) is 9.95. The lowest BCUT2D eigenvalue weighted by Crippen LogP contribution is -2.23. The van der Waals surface area contributed by atoms with E-state index in [1.807, 2.05) is 13.8 Å². The average molecular weight is 227 g/mol. The molecule has 0 atom stereocenters. The number of rotatable bonds is 4. The van der Waals surface area contributed by atoms with Crippen LogP contribution >= 0.6 is 11.8 Å². The van der Waals surface area contributed by atoms with E-state index < -0.39 is 0 Å². The predicted octanol–water partition coefficient (Wildman–Crippen LogP) is 1.26. The molecule has 0 unspecified atom stereocenters. The Morgan fingerprint density at radius 1 is 1.53 bits per heavy atom. The van der Waals surface area contributed by atoms with Gasteiger partial charge in [-0.1, -0.05) is 11.8 Å². The number of amidine groups is 1. The quantitative estimate of drug-likeness (QED) is 0.381. The van der Waals surface area contributed by atoms with E-state index in [-0.39, 0.29) is 16.5 Å². The van der Waals surface area contributed by atoms with Crippen LogP contribution in [0.3, 0.4) is 0 Å². The molecule has 0 aromatic rings. The average Bonchev–Trinajstić information content (AvgIpc) is 2.11. The molecular weight excluding hydrogens is 210 g/mol. The fourth-order valence-electron chi connectivity index (χ4n) is 0.888. The number of hydrogen-bond acceptors (Lipinski definition) is 3. The van der Waals surface area contributed by atoms with E-state index in [2.05, 4.69) is 11.1 Å². The lowest BCUT2D eigenvalue weighted by molar-refractivity contribution is 0.448. The molecular formula is C9H17N5S. The number of thioether (sulfide) groups is 1. The molecule has 5 N–H and O–H groups in total. The monoisotopic (exact) mass is 227 g/mol. The molecule has 0 aliphatic rings. The van der Waals surface area contributed by atoms with E-state index in [0.29, 0.717) is 0 Å². The summed E-state index contributed by atoms with van der Waals surface area (Å²) in [5.74, 6) is 0.658. The molecule has 6 heteroatoms. The van der Waals surface area contributed by atoms with Crippen LogP contribution in [0.5, 0.6) is 0 Å². The second kappa shape index (κ2) is 6.30. The Kier molecular flexibility index (Phi) is 5.79. The van der Waals surface area contributed by atoms with Crippen LogP contribution in [0, 0.1) is 22.2 Å². The topological polar surface area (TPSA) is 112 Å². The Morgan fingerprint density at radius 2 is 2.13 bits per heavy atom. The summed E-state index contributed by atoms with van der Waals surface area (Å²) >= 11 is 1.28. The summed E-state index contributed by atoms with van der Waals surface area (Å²) in [6.45, 7) is 3.80.